The molecule has 0 aliphatic carbocycles. The van der Waals surface area contributed by atoms with Gasteiger partial charge in [-0.05, 0) is 65.2 Å². The van der Waals surface area contributed by atoms with Crippen molar-refractivity contribution in [2.24, 2.45) is 0 Å². The van der Waals surface area contributed by atoms with E-state index < -0.39 is 0 Å². The van der Waals surface area contributed by atoms with E-state index in [0.717, 1.165) is 33.5 Å². The third-order valence-electron chi connectivity index (χ3n) is 11.3. The summed E-state index contributed by atoms with van der Waals surface area (Å²) < 4.78 is 4.87. The molecule has 11 rings (SSSR count). The number of hydrogen-bond donors (Lipinski definition) is 0. The van der Waals surface area contributed by atoms with E-state index in [1.165, 1.54) is 49.5 Å². The Hall–Kier alpha value is -7.11. The fourth-order valence-corrected chi connectivity index (χ4v) is 8.74. The summed E-state index contributed by atoms with van der Waals surface area (Å²) in [7, 11) is 0. The number of hydrogen-bond acceptors (Lipinski definition) is 3. The highest BCUT2D eigenvalue weighted by Crippen LogP contribution is 2.50. The van der Waals surface area contributed by atoms with Crippen molar-refractivity contribution in [1.29, 1.82) is 0 Å². The van der Waals surface area contributed by atoms with Crippen LogP contribution in [0.4, 0.5) is 0 Å². The molecule has 10 aromatic rings. The molecule has 5 nitrogen and oxygen atoms in total. The molecule has 55 heavy (non-hydrogen) atoms. The third-order valence-corrected chi connectivity index (χ3v) is 11.3. The van der Waals surface area contributed by atoms with Gasteiger partial charge in [-0.25, -0.2) is 15.0 Å². The van der Waals surface area contributed by atoms with Crippen LogP contribution in [0, 0.1) is 0 Å². The number of fused-ring (bicyclic) bond motifs is 6. The van der Waals surface area contributed by atoms with Crippen LogP contribution in [0.3, 0.4) is 0 Å². The van der Waals surface area contributed by atoms with Gasteiger partial charge in [-0.2, -0.15) is 0 Å². The van der Waals surface area contributed by atoms with Crippen LogP contribution in [0.25, 0.3) is 89.4 Å². The van der Waals surface area contributed by atoms with Crippen molar-refractivity contribution in [2.75, 3.05) is 0 Å². The summed E-state index contributed by atoms with van der Waals surface area (Å²) in [6, 6.07) is 60.1. The van der Waals surface area contributed by atoms with Gasteiger partial charge in [0.1, 0.15) is 0 Å². The van der Waals surface area contributed by atoms with Gasteiger partial charge in [0.2, 0.25) is 0 Å². The Kier molecular flexibility index (Phi) is 6.83. The minimum Gasteiger partial charge on any atom is -0.316 e. The van der Waals surface area contributed by atoms with E-state index in [9.17, 15) is 0 Å². The van der Waals surface area contributed by atoms with E-state index >= 15 is 0 Å². The average molecular weight is 706 g/mol. The topological polar surface area (TPSA) is 48.5 Å². The molecule has 5 heteroatoms. The van der Waals surface area contributed by atoms with Gasteiger partial charge < -0.3 is 9.13 Å². The molecule has 4 heterocycles. The Bertz CT molecular complexity index is 3040. The molecule has 260 valence electrons. The normalized spacial score (nSPS) is 13.1. The maximum absolute atomic E-state index is 5.02. The van der Waals surface area contributed by atoms with Gasteiger partial charge in [0.05, 0.1) is 16.6 Å². The quantitative estimate of drug-likeness (QED) is 0.179. The molecular formula is C50H35N5. The van der Waals surface area contributed by atoms with E-state index in [-0.39, 0.29) is 5.41 Å². The molecule has 0 unspecified atom stereocenters. The van der Waals surface area contributed by atoms with Crippen molar-refractivity contribution in [1.82, 2.24) is 24.1 Å². The fraction of sp³-hybridized carbons (Fsp3) is 0.0600. The molecular weight excluding hydrogens is 671 g/mol. The second kappa shape index (κ2) is 12.0. The van der Waals surface area contributed by atoms with Gasteiger partial charge in [0, 0.05) is 61.4 Å². The van der Waals surface area contributed by atoms with Gasteiger partial charge in [-0.1, -0.05) is 135 Å². The lowest BCUT2D eigenvalue weighted by Gasteiger charge is -2.35. The smallest absolute Gasteiger partial charge is 0.164 e. The molecule has 0 saturated heterocycles. The van der Waals surface area contributed by atoms with Crippen LogP contribution in [0.15, 0.2) is 176 Å². The van der Waals surface area contributed by atoms with Crippen molar-refractivity contribution in [3.8, 4) is 56.7 Å². The first-order chi connectivity index (χ1) is 27.0. The molecule has 0 N–H and O–H groups in total. The SMILES string of the molecule is CC1(C)c2ccccc2-n2ccc3cc4c5cc(-c6cccc(-c7nc(-c8ccccc8)nc(-c8ccccc8)n7)c6)ccc5n(-c5ccccc5)c4c1c32. The van der Waals surface area contributed by atoms with Crippen molar-refractivity contribution in [3.63, 3.8) is 0 Å². The predicted molar refractivity (Wildman–Crippen MR) is 225 cm³/mol. The van der Waals surface area contributed by atoms with Gasteiger partial charge in [0.15, 0.2) is 17.5 Å². The lowest BCUT2D eigenvalue weighted by molar-refractivity contribution is 0.632. The van der Waals surface area contributed by atoms with Gasteiger partial charge in [-0.3, -0.25) is 0 Å². The summed E-state index contributed by atoms with van der Waals surface area (Å²) in [6.45, 7) is 4.77. The minimum atomic E-state index is -0.234. The van der Waals surface area contributed by atoms with Gasteiger partial charge in [-0.15, -0.1) is 0 Å². The molecule has 0 spiro atoms. The van der Waals surface area contributed by atoms with E-state index in [1.54, 1.807) is 0 Å². The standard InChI is InChI=1S/C50H35N5/c1-50(2)41-23-12-13-24-43(41)54-28-27-36-31-40-39-30-35(25-26-42(39)55(38-21-10-5-11-22-38)46(40)44(50)45(36)54)34-19-14-20-37(29-34)49-52-47(32-15-6-3-7-16-32)51-48(53-49)33-17-8-4-9-18-33/h3-31H,1-2H3. The van der Waals surface area contributed by atoms with Crippen molar-refractivity contribution in [3.05, 3.63) is 187 Å². The summed E-state index contributed by atoms with van der Waals surface area (Å²) in [6.07, 6.45) is 2.24. The van der Waals surface area contributed by atoms with Crippen molar-refractivity contribution < 1.29 is 0 Å². The summed E-state index contributed by atoms with van der Waals surface area (Å²) >= 11 is 0. The number of nitrogens with zero attached hydrogens (tertiary/aromatic N) is 5. The Morgan fingerprint density at radius 3 is 1.75 bits per heavy atom. The zero-order valence-electron chi connectivity index (χ0n) is 30.5. The Labute approximate surface area is 318 Å². The van der Waals surface area contributed by atoms with Crippen molar-refractivity contribution >= 4 is 32.7 Å². The van der Waals surface area contributed by atoms with E-state index in [1.807, 2.05) is 60.7 Å². The van der Waals surface area contributed by atoms with Crippen LogP contribution in [0.1, 0.15) is 25.0 Å². The van der Waals surface area contributed by atoms with Gasteiger partial charge in [0.25, 0.3) is 0 Å². The first-order valence-corrected chi connectivity index (χ1v) is 18.8. The zero-order valence-corrected chi connectivity index (χ0v) is 30.5. The monoisotopic (exact) mass is 705 g/mol. The summed E-state index contributed by atoms with van der Waals surface area (Å²) in [5.41, 5.74) is 13.7. The first-order valence-electron chi connectivity index (χ1n) is 18.8. The maximum Gasteiger partial charge on any atom is 0.164 e. The third kappa shape index (κ3) is 4.83. The zero-order chi connectivity index (χ0) is 36.7. The molecule has 0 bridgehead atoms. The second-order valence-corrected chi connectivity index (χ2v) is 14.9. The second-order valence-electron chi connectivity index (χ2n) is 14.9. The average Bonchev–Trinajstić information content (AvgIpc) is 3.82. The number of aromatic nitrogens is 5. The molecule has 0 fully saturated rings. The van der Waals surface area contributed by atoms with E-state index in [0.29, 0.717) is 17.5 Å². The minimum absolute atomic E-state index is 0.234. The van der Waals surface area contributed by atoms with Crippen LogP contribution in [0.5, 0.6) is 0 Å². The first kappa shape index (κ1) is 31.4. The molecule has 0 saturated carbocycles. The van der Waals surface area contributed by atoms with E-state index in [2.05, 4.69) is 138 Å². The van der Waals surface area contributed by atoms with Crippen LogP contribution < -0.4 is 0 Å². The molecule has 1 aliphatic heterocycles. The number of benzene rings is 7. The summed E-state index contributed by atoms with van der Waals surface area (Å²) in [5, 5.41) is 3.73. The van der Waals surface area contributed by atoms with Crippen LogP contribution in [0.2, 0.25) is 0 Å². The van der Waals surface area contributed by atoms with Crippen LogP contribution in [-0.2, 0) is 5.41 Å². The number of para-hydroxylation sites is 2. The summed E-state index contributed by atoms with van der Waals surface area (Å²) in [5.74, 6) is 1.95. The van der Waals surface area contributed by atoms with Crippen LogP contribution in [-0.4, -0.2) is 24.1 Å². The lowest BCUT2D eigenvalue weighted by Crippen LogP contribution is -2.27. The Morgan fingerprint density at radius 1 is 0.455 bits per heavy atom. The molecule has 3 aromatic heterocycles. The molecule has 1 aliphatic rings. The molecule has 0 amide bonds. The van der Waals surface area contributed by atoms with Gasteiger partial charge >= 0.3 is 0 Å². The predicted octanol–water partition coefficient (Wildman–Crippen LogP) is 12.2. The fourth-order valence-electron chi connectivity index (χ4n) is 8.74. The summed E-state index contributed by atoms with van der Waals surface area (Å²) in [4.78, 5) is 14.9. The number of rotatable bonds is 5. The maximum atomic E-state index is 5.02. The molecule has 0 atom stereocenters. The lowest BCUT2D eigenvalue weighted by atomic mass is 9.74. The highest BCUT2D eigenvalue weighted by atomic mass is 15.0. The highest BCUT2D eigenvalue weighted by molar-refractivity contribution is 6.17. The van der Waals surface area contributed by atoms with E-state index in [4.69, 9.17) is 15.0 Å². The molecule has 7 aromatic carbocycles. The Balaban J connectivity index is 1.13. The molecule has 0 radical (unpaired) electrons. The Morgan fingerprint density at radius 2 is 1.04 bits per heavy atom. The van der Waals surface area contributed by atoms with Crippen LogP contribution >= 0.6 is 0 Å². The highest BCUT2D eigenvalue weighted by Gasteiger charge is 2.37. The largest absolute Gasteiger partial charge is 0.316 e. The van der Waals surface area contributed by atoms with Crippen molar-refractivity contribution in [2.45, 2.75) is 19.3 Å².